The Morgan fingerprint density at radius 2 is 1.60 bits per heavy atom. The minimum Gasteiger partial charge on any atom is -0.508 e. The van der Waals surface area contributed by atoms with E-state index in [1.165, 1.54) is 42.7 Å². The molecule has 6 N–H and O–H groups in total. The molecule has 2 aromatic carbocycles. The lowest BCUT2D eigenvalue weighted by atomic mass is 10.1. The van der Waals surface area contributed by atoms with E-state index in [2.05, 4.69) is 4.98 Å². The van der Waals surface area contributed by atoms with Gasteiger partial charge < -0.3 is 30.6 Å². The summed E-state index contributed by atoms with van der Waals surface area (Å²) in [5, 5.41) is 38.3. The molecular weight excluding hydrogens is 392 g/mol. The number of nitrogens with zero attached hydrogens (tertiary/aromatic N) is 1. The smallest absolute Gasteiger partial charge is 0.248 e. The van der Waals surface area contributed by atoms with Crippen LogP contribution in [0.25, 0.3) is 22.3 Å². The number of phenolic OH excluding ortho intramolecular Hbond substituents is 3. The highest BCUT2D eigenvalue weighted by molar-refractivity contribution is 5.92. The fourth-order valence-electron chi connectivity index (χ4n) is 2.55. The normalized spacial score (nSPS) is 10.3. The Balaban J connectivity index is 0.000000239. The maximum atomic E-state index is 12.1. The molecule has 0 aliphatic rings. The van der Waals surface area contributed by atoms with Crippen molar-refractivity contribution in [2.75, 3.05) is 0 Å². The first-order valence-electron chi connectivity index (χ1n) is 8.49. The number of carbonyl (C=O) groups excluding carboxylic acids is 1. The number of rotatable bonds is 2. The van der Waals surface area contributed by atoms with E-state index in [1.54, 1.807) is 12.1 Å². The Hall–Kier alpha value is -4.53. The van der Waals surface area contributed by atoms with Crippen LogP contribution in [0.3, 0.4) is 0 Å². The molecule has 152 valence electrons. The van der Waals surface area contributed by atoms with E-state index in [-0.39, 0.29) is 33.8 Å². The predicted octanol–water partition coefficient (Wildman–Crippen LogP) is 2.46. The zero-order valence-electron chi connectivity index (χ0n) is 15.3. The van der Waals surface area contributed by atoms with Crippen molar-refractivity contribution < 1.29 is 29.6 Å². The Morgan fingerprint density at radius 1 is 0.900 bits per heavy atom. The van der Waals surface area contributed by atoms with Gasteiger partial charge in [0.2, 0.25) is 17.1 Å². The second-order valence-corrected chi connectivity index (χ2v) is 6.09. The molecule has 0 radical (unpaired) electrons. The van der Waals surface area contributed by atoms with E-state index in [4.69, 9.17) is 10.2 Å². The highest BCUT2D eigenvalue weighted by atomic mass is 16.4. The highest BCUT2D eigenvalue weighted by Gasteiger charge is 2.16. The van der Waals surface area contributed by atoms with Gasteiger partial charge in [-0.1, -0.05) is 0 Å². The minimum absolute atomic E-state index is 0.0872. The van der Waals surface area contributed by atoms with Crippen molar-refractivity contribution in [3.8, 4) is 34.3 Å². The molecule has 0 fully saturated rings. The Kier molecular flexibility index (Phi) is 5.54. The van der Waals surface area contributed by atoms with Gasteiger partial charge in [-0.2, -0.15) is 0 Å². The molecular formula is C21H16N2O7. The number of hydrogen-bond acceptors (Lipinski definition) is 8. The summed E-state index contributed by atoms with van der Waals surface area (Å²) in [6, 6.07) is 10.8. The topological polar surface area (TPSA) is 167 Å². The van der Waals surface area contributed by atoms with Gasteiger partial charge in [-0.15, -0.1) is 0 Å². The van der Waals surface area contributed by atoms with Gasteiger partial charge in [-0.25, -0.2) is 0 Å². The molecule has 9 nitrogen and oxygen atoms in total. The molecule has 0 atom stereocenters. The Labute approximate surface area is 168 Å². The number of fused-ring (bicyclic) bond motifs is 1. The highest BCUT2D eigenvalue weighted by Crippen LogP contribution is 2.35. The Bertz CT molecular complexity index is 1280. The average molecular weight is 408 g/mol. The van der Waals surface area contributed by atoms with E-state index >= 15 is 0 Å². The second kappa shape index (κ2) is 8.23. The maximum Gasteiger partial charge on any atom is 0.248 e. The summed E-state index contributed by atoms with van der Waals surface area (Å²) in [4.78, 5) is 26.2. The van der Waals surface area contributed by atoms with Crippen LogP contribution >= 0.6 is 0 Å². The molecule has 30 heavy (non-hydrogen) atoms. The number of aromatic hydroxyl groups is 4. The number of hydrogen-bond donors (Lipinski definition) is 5. The summed E-state index contributed by atoms with van der Waals surface area (Å²) in [7, 11) is 0. The molecule has 0 bridgehead atoms. The van der Waals surface area contributed by atoms with Crippen LogP contribution in [0.1, 0.15) is 10.4 Å². The van der Waals surface area contributed by atoms with Gasteiger partial charge in [-0.05, 0) is 42.5 Å². The molecule has 0 aliphatic heterocycles. The van der Waals surface area contributed by atoms with Crippen LogP contribution in [0.4, 0.5) is 0 Å². The first-order valence-corrected chi connectivity index (χ1v) is 8.49. The number of nitrogens with two attached hydrogens (primary N) is 1. The molecule has 9 heteroatoms. The van der Waals surface area contributed by atoms with Crippen molar-refractivity contribution in [3.63, 3.8) is 0 Å². The van der Waals surface area contributed by atoms with Crippen LogP contribution < -0.4 is 11.2 Å². The van der Waals surface area contributed by atoms with Crippen LogP contribution in [0, 0.1) is 0 Å². The van der Waals surface area contributed by atoms with Crippen molar-refractivity contribution >= 4 is 16.9 Å². The lowest BCUT2D eigenvalue weighted by molar-refractivity contribution is 0.1000. The summed E-state index contributed by atoms with van der Waals surface area (Å²) in [5.74, 6) is -2.02. The number of pyridine rings is 1. The van der Waals surface area contributed by atoms with Crippen LogP contribution in [0.2, 0.25) is 0 Å². The van der Waals surface area contributed by atoms with Gasteiger partial charge >= 0.3 is 0 Å². The molecule has 0 saturated heterocycles. The van der Waals surface area contributed by atoms with Gasteiger partial charge in [0.15, 0.2) is 17.3 Å². The number of primary amides is 1. The largest absolute Gasteiger partial charge is 0.508 e. The third-order valence-corrected chi connectivity index (χ3v) is 4.05. The SMILES string of the molecule is NC(=O)c1ccncc1.O=c1c(O)c(-c2ccc(O)c(O)c2)oc2cc(O)ccc12. The van der Waals surface area contributed by atoms with Crippen LogP contribution in [-0.4, -0.2) is 31.3 Å². The number of phenols is 3. The number of aromatic nitrogens is 1. The molecule has 1 amide bonds. The molecule has 2 aromatic heterocycles. The summed E-state index contributed by atoms with van der Waals surface area (Å²) < 4.78 is 5.43. The van der Waals surface area contributed by atoms with Crippen molar-refractivity contribution in [2.24, 2.45) is 5.73 Å². The monoisotopic (exact) mass is 408 g/mol. The van der Waals surface area contributed by atoms with Crippen molar-refractivity contribution in [2.45, 2.75) is 0 Å². The van der Waals surface area contributed by atoms with Crippen LogP contribution in [0.5, 0.6) is 23.0 Å². The molecule has 0 saturated carbocycles. The molecule has 0 unspecified atom stereocenters. The van der Waals surface area contributed by atoms with Crippen LogP contribution in [-0.2, 0) is 0 Å². The lowest BCUT2D eigenvalue weighted by Gasteiger charge is -2.07. The van der Waals surface area contributed by atoms with Crippen molar-refractivity contribution in [1.82, 2.24) is 4.98 Å². The van der Waals surface area contributed by atoms with Crippen molar-refractivity contribution in [3.05, 3.63) is 76.7 Å². The standard InChI is InChI=1S/C15H10O6.C6H6N2O/c16-8-2-3-9-12(6-8)21-15(14(20)13(9)19)7-1-4-10(17)11(18)5-7;7-6(9)5-1-3-8-4-2-5/h1-6,16-18,20H;1-4H,(H2,7,9). The third-order valence-electron chi connectivity index (χ3n) is 4.05. The van der Waals surface area contributed by atoms with Gasteiger partial charge in [-0.3, -0.25) is 14.6 Å². The van der Waals surface area contributed by atoms with E-state index in [1.807, 2.05) is 0 Å². The quantitative estimate of drug-likeness (QED) is 0.315. The minimum atomic E-state index is -0.654. The summed E-state index contributed by atoms with van der Waals surface area (Å²) in [6.45, 7) is 0. The molecule has 4 aromatic rings. The predicted molar refractivity (Wildman–Crippen MR) is 107 cm³/mol. The Morgan fingerprint density at radius 3 is 2.20 bits per heavy atom. The van der Waals surface area contributed by atoms with Gasteiger partial charge in [0.05, 0.1) is 5.39 Å². The zero-order valence-corrected chi connectivity index (χ0v) is 15.3. The first kappa shape index (κ1) is 20.2. The van der Waals surface area contributed by atoms with E-state index in [0.29, 0.717) is 5.56 Å². The van der Waals surface area contributed by atoms with Gasteiger partial charge in [0, 0.05) is 29.6 Å². The average Bonchev–Trinajstić information content (AvgIpc) is 2.73. The van der Waals surface area contributed by atoms with Gasteiger partial charge in [0.25, 0.3) is 0 Å². The molecule has 4 rings (SSSR count). The summed E-state index contributed by atoms with van der Waals surface area (Å²) >= 11 is 0. The zero-order chi connectivity index (χ0) is 21.8. The lowest BCUT2D eigenvalue weighted by Crippen LogP contribution is -2.10. The molecule has 2 heterocycles. The second-order valence-electron chi connectivity index (χ2n) is 6.09. The van der Waals surface area contributed by atoms with E-state index in [0.717, 1.165) is 6.07 Å². The molecule has 0 aliphatic carbocycles. The number of benzene rings is 2. The first-order chi connectivity index (χ1) is 14.3. The van der Waals surface area contributed by atoms with Gasteiger partial charge in [0.1, 0.15) is 11.3 Å². The number of carbonyl (C=O) groups is 1. The summed E-state index contributed by atoms with van der Waals surface area (Å²) in [6.07, 6.45) is 3.06. The third kappa shape index (κ3) is 4.14. The van der Waals surface area contributed by atoms with E-state index in [9.17, 15) is 30.0 Å². The maximum absolute atomic E-state index is 12.1. The van der Waals surface area contributed by atoms with Crippen molar-refractivity contribution in [1.29, 1.82) is 0 Å². The van der Waals surface area contributed by atoms with Crippen LogP contribution in [0.15, 0.2) is 70.1 Å². The fraction of sp³-hybridized carbons (Fsp3) is 0. The fourth-order valence-corrected chi connectivity index (χ4v) is 2.55. The van der Waals surface area contributed by atoms with E-state index < -0.39 is 22.8 Å². The molecule has 0 spiro atoms. The summed E-state index contributed by atoms with van der Waals surface area (Å²) in [5.41, 5.74) is 5.09. The number of amides is 1.